The van der Waals surface area contributed by atoms with E-state index in [0.29, 0.717) is 15.9 Å². The zero-order valence-corrected chi connectivity index (χ0v) is 11.1. The topological polar surface area (TPSA) is 48.1 Å². The quantitative estimate of drug-likeness (QED) is 0.759. The smallest absolute Gasteiger partial charge is 0.181 e. The molecule has 0 radical (unpaired) electrons. The normalized spacial score (nSPS) is 10.8. The van der Waals surface area contributed by atoms with Gasteiger partial charge in [0.25, 0.3) is 0 Å². The molecule has 0 bridgehead atoms. The van der Waals surface area contributed by atoms with Gasteiger partial charge in [0.15, 0.2) is 16.7 Å². The Hall–Kier alpha value is -1.85. The summed E-state index contributed by atoms with van der Waals surface area (Å²) >= 11 is 7.04. The van der Waals surface area contributed by atoms with E-state index in [1.807, 2.05) is 0 Å². The molecule has 1 aromatic heterocycles. The summed E-state index contributed by atoms with van der Waals surface area (Å²) in [5.41, 5.74) is 6.42. The van der Waals surface area contributed by atoms with Crippen LogP contribution in [0.2, 0.25) is 5.02 Å². The van der Waals surface area contributed by atoms with Crippen LogP contribution in [0.3, 0.4) is 0 Å². The van der Waals surface area contributed by atoms with Crippen LogP contribution in [-0.2, 0) is 0 Å². The fourth-order valence-corrected chi connectivity index (χ4v) is 2.59. The van der Waals surface area contributed by atoms with Gasteiger partial charge in [0.2, 0.25) is 0 Å². The molecule has 0 aliphatic carbocycles. The predicted molar refractivity (Wildman–Crippen MR) is 75.5 cm³/mol. The van der Waals surface area contributed by atoms with Gasteiger partial charge in [0.1, 0.15) is 5.75 Å². The van der Waals surface area contributed by atoms with E-state index in [1.54, 1.807) is 24.3 Å². The monoisotopic (exact) mass is 294 g/mol. The van der Waals surface area contributed by atoms with E-state index in [9.17, 15) is 4.39 Å². The molecule has 0 amide bonds. The molecule has 0 saturated heterocycles. The fraction of sp³-hybridized carbons (Fsp3) is 0. The Labute approximate surface area is 117 Å². The first kappa shape index (κ1) is 12.2. The zero-order valence-electron chi connectivity index (χ0n) is 9.56. The number of aromatic nitrogens is 1. The first-order valence-corrected chi connectivity index (χ1v) is 6.60. The van der Waals surface area contributed by atoms with Gasteiger partial charge in [0, 0.05) is 11.1 Å². The summed E-state index contributed by atoms with van der Waals surface area (Å²) in [6.45, 7) is 0. The molecular weight excluding hydrogens is 287 g/mol. The van der Waals surface area contributed by atoms with Gasteiger partial charge in [-0.25, -0.2) is 9.37 Å². The number of fused-ring (bicyclic) bond motifs is 1. The third-order valence-corrected chi connectivity index (χ3v) is 3.58. The molecule has 96 valence electrons. The summed E-state index contributed by atoms with van der Waals surface area (Å²) in [7, 11) is 0. The van der Waals surface area contributed by atoms with Crippen molar-refractivity contribution in [3.63, 3.8) is 0 Å². The van der Waals surface area contributed by atoms with Gasteiger partial charge >= 0.3 is 0 Å². The molecule has 0 aliphatic rings. The summed E-state index contributed by atoms with van der Waals surface area (Å²) < 4.78 is 20.0. The SMILES string of the molecule is Nc1nc2ccc(Oc3ccc(Cl)cc3F)cc2s1. The predicted octanol–water partition coefficient (Wildman–Crippen LogP) is 4.46. The molecule has 2 aromatic carbocycles. The second-order valence-electron chi connectivity index (χ2n) is 3.86. The number of halogens is 2. The Morgan fingerprint density at radius 2 is 2.05 bits per heavy atom. The standard InChI is InChI=1S/C13H8ClFN2OS/c14-7-1-4-11(9(15)5-7)18-8-2-3-10-12(6-8)19-13(16)17-10/h1-6H,(H2,16,17). The summed E-state index contributed by atoms with van der Waals surface area (Å²) in [6.07, 6.45) is 0. The third kappa shape index (κ3) is 2.47. The number of nitrogen functional groups attached to an aromatic ring is 1. The van der Waals surface area contributed by atoms with Crippen molar-refractivity contribution < 1.29 is 9.13 Å². The molecule has 0 spiro atoms. The lowest BCUT2D eigenvalue weighted by molar-refractivity contribution is 0.443. The largest absolute Gasteiger partial charge is 0.454 e. The molecule has 3 nitrogen and oxygen atoms in total. The Kier molecular flexibility index (Phi) is 3.00. The number of nitrogens with two attached hydrogens (primary N) is 1. The third-order valence-electron chi connectivity index (χ3n) is 2.50. The Morgan fingerprint density at radius 3 is 2.84 bits per heavy atom. The van der Waals surface area contributed by atoms with Crippen LogP contribution in [0.4, 0.5) is 9.52 Å². The lowest BCUT2D eigenvalue weighted by Gasteiger charge is -2.06. The molecule has 0 fully saturated rings. The van der Waals surface area contributed by atoms with Gasteiger partial charge in [-0.2, -0.15) is 0 Å². The number of rotatable bonds is 2. The van der Waals surface area contributed by atoms with Crippen molar-refractivity contribution in [2.45, 2.75) is 0 Å². The molecule has 3 aromatic rings. The van der Waals surface area contributed by atoms with Gasteiger partial charge in [-0.05, 0) is 30.3 Å². The maximum atomic E-state index is 13.6. The number of anilines is 1. The summed E-state index contributed by atoms with van der Waals surface area (Å²) in [6, 6.07) is 9.55. The highest BCUT2D eigenvalue weighted by Crippen LogP contribution is 2.31. The first-order chi connectivity index (χ1) is 9.11. The van der Waals surface area contributed by atoms with Gasteiger partial charge in [-0.1, -0.05) is 22.9 Å². The first-order valence-electron chi connectivity index (χ1n) is 5.41. The van der Waals surface area contributed by atoms with Crippen LogP contribution in [0.25, 0.3) is 10.2 Å². The molecule has 0 saturated carbocycles. The van der Waals surface area contributed by atoms with Crippen molar-refractivity contribution >= 4 is 38.3 Å². The minimum atomic E-state index is -0.503. The van der Waals surface area contributed by atoms with Crippen molar-refractivity contribution in [3.8, 4) is 11.5 Å². The highest BCUT2D eigenvalue weighted by Gasteiger charge is 2.07. The van der Waals surface area contributed by atoms with Gasteiger partial charge in [0.05, 0.1) is 10.2 Å². The Morgan fingerprint density at radius 1 is 1.21 bits per heavy atom. The van der Waals surface area contributed by atoms with Gasteiger partial charge in [-0.3, -0.25) is 0 Å². The Balaban J connectivity index is 1.96. The lowest BCUT2D eigenvalue weighted by Crippen LogP contribution is -1.87. The highest BCUT2D eigenvalue weighted by atomic mass is 35.5. The van der Waals surface area contributed by atoms with E-state index in [4.69, 9.17) is 22.1 Å². The minimum Gasteiger partial charge on any atom is -0.454 e. The van der Waals surface area contributed by atoms with Crippen LogP contribution in [0, 0.1) is 5.82 Å². The second kappa shape index (κ2) is 4.68. The van der Waals surface area contributed by atoms with E-state index >= 15 is 0 Å². The minimum absolute atomic E-state index is 0.126. The summed E-state index contributed by atoms with van der Waals surface area (Å²) in [4.78, 5) is 4.14. The van der Waals surface area contributed by atoms with Crippen LogP contribution >= 0.6 is 22.9 Å². The van der Waals surface area contributed by atoms with Crippen molar-refractivity contribution in [1.29, 1.82) is 0 Å². The molecule has 1 heterocycles. The van der Waals surface area contributed by atoms with Crippen molar-refractivity contribution in [2.75, 3.05) is 5.73 Å². The van der Waals surface area contributed by atoms with Crippen molar-refractivity contribution in [3.05, 3.63) is 47.2 Å². The summed E-state index contributed by atoms with van der Waals surface area (Å²) in [5.74, 6) is 0.148. The van der Waals surface area contributed by atoms with Crippen LogP contribution in [0.1, 0.15) is 0 Å². The number of nitrogens with zero attached hydrogens (tertiary/aromatic N) is 1. The number of hydrogen-bond acceptors (Lipinski definition) is 4. The van der Waals surface area contributed by atoms with E-state index in [2.05, 4.69) is 4.98 Å². The maximum absolute atomic E-state index is 13.6. The molecule has 19 heavy (non-hydrogen) atoms. The van der Waals surface area contributed by atoms with Crippen LogP contribution in [-0.4, -0.2) is 4.98 Å². The zero-order chi connectivity index (χ0) is 13.4. The molecular formula is C13H8ClFN2OS. The molecule has 3 rings (SSSR count). The van der Waals surface area contributed by atoms with Crippen LogP contribution in [0.5, 0.6) is 11.5 Å². The maximum Gasteiger partial charge on any atom is 0.181 e. The van der Waals surface area contributed by atoms with Crippen molar-refractivity contribution in [1.82, 2.24) is 4.98 Å². The molecule has 0 aliphatic heterocycles. The second-order valence-corrected chi connectivity index (χ2v) is 5.36. The number of thiazole rings is 1. The molecule has 2 N–H and O–H groups in total. The van der Waals surface area contributed by atoms with Crippen LogP contribution < -0.4 is 10.5 Å². The molecule has 0 unspecified atom stereocenters. The fourth-order valence-electron chi connectivity index (χ4n) is 1.67. The average molecular weight is 295 g/mol. The summed E-state index contributed by atoms with van der Waals surface area (Å²) in [5, 5.41) is 0.820. The van der Waals surface area contributed by atoms with E-state index < -0.39 is 5.82 Å². The number of benzene rings is 2. The van der Waals surface area contributed by atoms with E-state index in [-0.39, 0.29) is 5.75 Å². The number of ether oxygens (including phenoxy) is 1. The molecule has 0 atom stereocenters. The van der Waals surface area contributed by atoms with Gasteiger partial charge in [-0.15, -0.1) is 0 Å². The van der Waals surface area contributed by atoms with Gasteiger partial charge < -0.3 is 10.5 Å². The van der Waals surface area contributed by atoms with Crippen LogP contribution in [0.15, 0.2) is 36.4 Å². The highest BCUT2D eigenvalue weighted by molar-refractivity contribution is 7.22. The average Bonchev–Trinajstić information content (AvgIpc) is 2.72. The van der Waals surface area contributed by atoms with E-state index in [0.717, 1.165) is 10.2 Å². The molecule has 6 heteroatoms. The Bertz CT molecular complexity index is 759. The lowest BCUT2D eigenvalue weighted by atomic mass is 10.3. The number of hydrogen-bond donors (Lipinski definition) is 1. The van der Waals surface area contributed by atoms with Crippen molar-refractivity contribution in [2.24, 2.45) is 0 Å². The van der Waals surface area contributed by atoms with E-state index in [1.165, 1.54) is 23.5 Å².